The molecule has 1 amide bonds. The number of hydrogen-bond donors (Lipinski definition) is 1. The van der Waals surface area contributed by atoms with Gasteiger partial charge in [0.2, 0.25) is 0 Å². The average Bonchev–Trinajstić information content (AvgIpc) is 2.52. The van der Waals surface area contributed by atoms with Crippen molar-refractivity contribution in [2.45, 2.75) is 32.7 Å². The van der Waals surface area contributed by atoms with Crippen LogP contribution in [0, 0.1) is 12.8 Å². The number of aryl methyl sites for hydroxylation is 1. The molecule has 0 bridgehead atoms. The molecular weight excluding hydrogens is 266 g/mol. The van der Waals surface area contributed by atoms with Crippen molar-refractivity contribution in [1.82, 2.24) is 5.32 Å². The first-order valence-electron chi connectivity index (χ1n) is 7.29. The molecule has 1 N–H and O–H groups in total. The topological polar surface area (TPSA) is 55.4 Å². The van der Waals surface area contributed by atoms with Crippen molar-refractivity contribution in [3.8, 4) is 0 Å². The highest BCUT2D eigenvalue weighted by Crippen LogP contribution is 2.19. The van der Waals surface area contributed by atoms with Crippen molar-refractivity contribution in [3.63, 3.8) is 0 Å². The van der Waals surface area contributed by atoms with Gasteiger partial charge in [-0.05, 0) is 37.3 Å². The molecule has 4 heteroatoms. The van der Waals surface area contributed by atoms with Gasteiger partial charge in [0.1, 0.15) is 0 Å². The van der Waals surface area contributed by atoms with Crippen LogP contribution in [-0.2, 0) is 20.9 Å². The van der Waals surface area contributed by atoms with Gasteiger partial charge in [-0.1, -0.05) is 36.4 Å². The van der Waals surface area contributed by atoms with Crippen molar-refractivity contribution in [2.24, 2.45) is 5.92 Å². The fraction of sp³-hybridized carbons (Fsp3) is 0.412. The number of benzene rings is 1. The van der Waals surface area contributed by atoms with E-state index >= 15 is 0 Å². The summed E-state index contributed by atoms with van der Waals surface area (Å²) in [6.07, 6.45) is 6.48. The van der Waals surface area contributed by atoms with Gasteiger partial charge in [-0.3, -0.25) is 9.59 Å². The van der Waals surface area contributed by atoms with Crippen LogP contribution in [0.3, 0.4) is 0 Å². The number of esters is 1. The van der Waals surface area contributed by atoms with Crippen molar-refractivity contribution < 1.29 is 14.3 Å². The van der Waals surface area contributed by atoms with E-state index in [2.05, 4.69) is 11.4 Å². The Balaban J connectivity index is 1.71. The Hall–Kier alpha value is -2.10. The minimum absolute atomic E-state index is 0.0980. The summed E-state index contributed by atoms with van der Waals surface area (Å²) in [5, 5.41) is 2.77. The summed E-state index contributed by atoms with van der Waals surface area (Å²) in [5.41, 5.74) is 2.19. The van der Waals surface area contributed by atoms with Gasteiger partial charge in [0.05, 0.1) is 5.92 Å². The van der Waals surface area contributed by atoms with Gasteiger partial charge in [-0.15, -0.1) is 0 Å². The highest BCUT2D eigenvalue weighted by atomic mass is 16.5. The van der Waals surface area contributed by atoms with Crippen LogP contribution >= 0.6 is 0 Å². The van der Waals surface area contributed by atoms with E-state index in [-0.39, 0.29) is 24.4 Å². The van der Waals surface area contributed by atoms with Crippen LogP contribution in [0.1, 0.15) is 30.4 Å². The molecule has 1 aromatic rings. The predicted octanol–water partition coefficient (Wildman–Crippen LogP) is 2.51. The fourth-order valence-electron chi connectivity index (χ4n) is 2.32. The SMILES string of the molecule is Cc1ccccc1CNC(=O)COC(=O)[C@@H]1CC=CCC1. The lowest BCUT2D eigenvalue weighted by Crippen LogP contribution is -2.30. The maximum atomic E-state index is 11.8. The standard InChI is InChI=1S/C17H21NO3/c1-13-7-5-6-10-15(13)11-18-16(19)12-21-17(20)14-8-3-2-4-9-14/h2-3,5-7,10,14H,4,8-9,11-12H2,1H3,(H,18,19)/t14-/m1/s1. The first kappa shape index (κ1) is 15.3. The Morgan fingerprint density at radius 1 is 1.29 bits per heavy atom. The Labute approximate surface area is 125 Å². The molecule has 4 nitrogen and oxygen atoms in total. The Bertz CT molecular complexity index is 537. The van der Waals surface area contributed by atoms with Gasteiger partial charge in [-0.25, -0.2) is 0 Å². The average molecular weight is 287 g/mol. The summed E-state index contributed by atoms with van der Waals surface area (Å²) in [6, 6.07) is 7.86. The molecule has 0 fully saturated rings. The first-order chi connectivity index (χ1) is 10.2. The molecule has 21 heavy (non-hydrogen) atoms. The van der Waals surface area contributed by atoms with E-state index in [0.29, 0.717) is 13.0 Å². The van der Waals surface area contributed by atoms with E-state index in [9.17, 15) is 9.59 Å². The zero-order valence-electron chi connectivity index (χ0n) is 12.3. The second kappa shape index (κ2) is 7.62. The lowest BCUT2D eigenvalue weighted by atomic mass is 9.95. The van der Waals surface area contributed by atoms with Crippen molar-refractivity contribution in [2.75, 3.05) is 6.61 Å². The smallest absolute Gasteiger partial charge is 0.309 e. The molecule has 1 aliphatic rings. The summed E-state index contributed by atoms with van der Waals surface area (Å²) >= 11 is 0. The van der Waals surface area contributed by atoms with Gasteiger partial charge in [0.15, 0.2) is 6.61 Å². The van der Waals surface area contributed by atoms with Crippen LogP contribution in [0.25, 0.3) is 0 Å². The molecule has 0 saturated heterocycles. The van der Waals surface area contributed by atoms with Crippen LogP contribution in [-0.4, -0.2) is 18.5 Å². The number of allylic oxidation sites excluding steroid dienone is 2. The second-order valence-corrected chi connectivity index (χ2v) is 5.29. The molecule has 2 rings (SSSR count). The van der Waals surface area contributed by atoms with E-state index in [1.807, 2.05) is 37.3 Å². The number of amides is 1. The van der Waals surface area contributed by atoms with Gasteiger partial charge in [0, 0.05) is 6.54 Å². The summed E-state index contributed by atoms with van der Waals surface area (Å²) in [6.45, 7) is 2.25. The summed E-state index contributed by atoms with van der Waals surface area (Å²) in [7, 11) is 0. The maximum absolute atomic E-state index is 11.8. The number of nitrogens with one attached hydrogen (secondary N) is 1. The second-order valence-electron chi connectivity index (χ2n) is 5.29. The fourth-order valence-corrected chi connectivity index (χ4v) is 2.32. The van der Waals surface area contributed by atoms with Crippen molar-refractivity contribution >= 4 is 11.9 Å². The monoisotopic (exact) mass is 287 g/mol. The van der Waals surface area contributed by atoms with Gasteiger partial charge in [0.25, 0.3) is 5.91 Å². The summed E-state index contributed by atoms with van der Waals surface area (Å²) in [4.78, 5) is 23.5. The Morgan fingerprint density at radius 3 is 2.81 bits per heavy atom. The van der Waals surface area contributed by atoms with Crippen molar-refractivity contribution in [1.29, 1.82) is 0 Å². The quantitative estimate of drug-likeness (QED) is 0.669. The zero-order chi connectivity index (χ0) is 15.1. The van der Waals surface area contributed by atoms with Gasteiger partial charge in [-0.2, -0.15) is 0 Å². The molecule has 0 aliphatic heterocycles. The highest BCUT2D eigenvalue weighted by Gasteiger charge is 2.20. The molecule has 1 aliphatic carbocycles. The molecule has 0 radical (unpaired) electrons. The third-order valence-electron chi connectivity index (χ3n) is 3.69. The molecule has 0 aromatic heterocycles. The molecule has 0 heterocycles. The number of rotatable bonds is 5. The largest absolute Gasteiger partial charge is 0.455 e. The van der Waals surface area contributed by atoms with Crippen molar-refractivity contribution in [3.05, 3.63) is 47.5 Å². The predicted molar refractivity (Wildman–Crippen MR) is 80.5 cm³/mol. The minimum Gasteiger partial charge on any atom is -0.455 e. The zero-order valence-corrected chi connectivity index (χ0v) is 12.3. The molecule has 0 saturated carbocycles. The van der Waals surface area contributed by atoms with Crippen LogP contribution in [0.2, 0.25) is 0 Å². The molecule has 0 unspecified atom stereocenters. The van der Waals surface area contributed by atoms with E-state index in [0.717, 1.165) is 24.0 Å². The van der Waals surface area contributed by atoms with E-state index in [4.69, 9.17) is 4.74 Å². The third kappa shape index (κ3) is 4.74. The lowest BCUT2D eigenvalue weighted by molar-refractivity contribution is -0.152. The molecule has 1 atom stereocenters. The van der Waals surface area contributed by atoms with Crippen LogP contribution in [0.4, 0.5) is 0 Å². The number of hydrogen-bond acceptors (Lipinski definition) is 3. The van der Waals surface area contributed by atoms with Crippen LogP contribution in [0.5, 0.6) is 0 Å². The van der Waals surface area contributed by atoms with E-state index in [1.165, 1.54) is 0 Å². The van der Waals surface area contributed by atoms with Gasteiger partial charge >= 0.3 is 5.97 Å². The first-order valence-corrected chi connectivity index (χ1v) is 7.29. The van der Waals surface area contributed by atoms with E-state index < -0.39 is 0 Å². The highest BCUT2D eigenvalue weighted by molar-refractivity contribution is 5.81. The molecular formula is C17H21NO3. The van der Waals surface area contributed by atoms with Crippen LogP contribution < -0.4 is 5.32 Å². The van der Waals surface area contributed by atoms with Crippen LogP contribution in [0.15, 0.2) is 36.4 Å². The molecule has 112 valence electrons. The maximum Gasteiger partial charge on any atom is 0.309 e. The normalized spacial score (nSPS) is 17.3. The Morgan fingerprint density at radius 2 is 2.10 bits per heavy atom. The third-order valence-corrected chi connectivity index (χ3v) is 3.69. The van der Waals surface area contributed by atoms with Gasteiger partial charge < -0.3 is 10.1 Å². The number of carbonyl (C=O) groups is 2. The Kier molecular flexibility index (Phi) is 5.55. The van der Waals surface area contributed by atoms with E-state index in [1.54, 1.807) is 0 Å². The number of carbonyl (C=O) groups excluding carboxylic acids is 2. The lowest BCUT2D eigenvalue weighted by Gasteiger charge is -2.16. The molecule has 0 spiro atoms. The number of ether oxygens (including phenoxy) is 1. The summed E-state index contributed by atoms with van der Waals surface area (Å²) in [5.74, 6) is -0.637. The summed E-state index contributed by atoms with van der Waals surface area (Å²) < 4.78 is 5.08. The minimum atomic E-state index is -0.273. The molecule has 1 aromatic carbocycles.